The Balaban J connectivity index is 1.68. The summed E-state index contributed by atoms with van der Waals surface area (Å²) < 4.78 is 34.0. The van der Waals surface area contributed by atoms with E-state index >= 15 is 0 Å². The van der Waals surface area contributed by atoms with Crippen LogP contribution >= 0.6 is 0 Å². The van der Waals surface area contributed by atoms with Crippen LogP contribution in [0.4, 0.5) is 5.69 Å². The number of carbonyl (C=O) groups is 2. The highest BCUT2D eigenvalue weighted by molar-refractivity contribution is 7.90. The van der Waals surface area contributed by atoms with Crippen molar-refractivity contribution >= 4 is 27.5 Å². The fourth-order valence-electron chi connectivity index (χ4n) is 5.19. The molecule has 1 aliphatic carbocycles. The summed E-state index contributed by atoms with van der Waals surface area (Å²) in [6.07, 6.45) is 13.1. The molecule has 3 rings (SSSR count). The lowest BCUT2D eigenvalue weighted by Gasteiger charge is -2.24. The number of amides is 2. The van der Waals surface area contributed by atoms with E-state index in [-0.39, 0.29) is 17.0 Å². The van der Waals surface area contributed by atoms with Gasteiger partial charge >= 0.3 is 0 Å². The summed E-state index contributed by atoms with van der Waals surface area (Å²) in [6, 6.07) is 11.6. The molecule has 1 fully saturated rings. The van der Waals surface area contributed by atoms with E-state index in [4.69, 9.17) is 4.74 Å². The summed E-state index contributed by atoms with van der Waals surface area (Å²) in [5.74, 6) is -0.135. The van der Waals surface area contributed by atoms with Crippen LogP contribution in [0.3, 0.4) is 0 Å². The summed E-state index contributed by atoms with van der Waals surface area (Å²) in [5, 5.41) is 2.74. The van der Waals surface area contributed by atoms with Gasteiger partial charge in [-0.2, -0.15) is 0 Å². The number of benzene rings is 2. The highest BCUT2D eigenvalue weighted by Crippen LogP contribution is 2.39. The minimum absolute atomic E-state index is 0.110. The molecule has 2 aromatic rings. The fraction of sp³-hybridized carbons (Fsp3) is 0.533. The average molecular weight is 543 g/mol. The van der Waals surface area contributed by atoms with Crippen LogP contribution in [0.25, 0.3) is 0 Å². The van der Waals surface area contributed by atoms with Crippen LogP contribution in [-0.4, -0.2) is 27.3 Å². The Morgan fingerprint density at radius 1 is 0.895 bits per heavy atom. The van der Waals surface area contributed by atoms with Crippen molar-refractivity contribution in [1.82, 2.24) is 4.72 Å². The quantitative estimate of drug-likeness (QED) is 0.252. The maximum Gasteiger partial charge on any atom is 0.266 e. The number of unbranched alkanes of at least 4 members (excludes halogenated alkanes) is 6. The zero-order valence-corrected chi connectivity index (χ0v) is 23.6. The summed E-state index contributed by atoms with van der Waals surface area (Å²) in [5.41, 5.74) is 1.47. The van der Waals surface area contributed by atoms with Gasteiger partial charge in [-0.15, -0.1) is 0 Å². The average Bonchev–Trinajstić information content (AvgIpc) is 2.92. The van der Waals surface area contributed by atoms with Gasteiger partial charge in [0, 0.05) is 6.42 Å². The van der Waals surface area contributed by atoms with Crippen molar-refractivity contribution in [3.05, 3.63) is 53.6 Å². The molecule has 0 aromatic heterocycles. The lowest BCUT2D eigenvalue weighted by atomic mass is 9.83. The fourth-order valence-corrected chi connectivity index (χ4v) is 6.37. The molecule has 0 spiro atoms. The third-order valence-corrected chi connectivity index (χ3v) is 8.65. The van der Waals surface area contributed by atoms with Gasteiger partial charge < -0.3 is 10.1 Å². The van der Waals surface area contributed by atoms with Crippen LogP contribution in [0.15, 0.2) is 47.4 Å². The number of carbonyl (C=O) groups excluding carboxylic acids is 2. The van der Waals surface area contributed by atoms with Gasteiger partial charge in [-0.25, -0.2) is 13.1 Å². The van der Waals surface area contributed by atoms with Crippen LogP contribution in [0.1, 0.15) is 112 Å². The van der Waals surface area contributed by atoms with Gasteiger partial charge in [0.25, 0.3) is 15.9 Å². The number of nitrogens with one attached hydrogen (secondary N) is 2. The van der Waals surface area contributed by atoms with E-state index in [1.165, 1.54) is 37.8 Å². The molecule has 0 radical (unpaired) electrons. The third kappa shape index (κ3) is 8.32. The number of methoxy groups -OCH3 is 1. The third-order valence-electron chi connectivity index (χ3n) is 7.22. The largest absolute Gasteiger partial charge is 0.496 e. The Kier molecular flexibility index (Phi) is 11.6. The zero-order chi connectivity index (χ0) is 27.4. The van der Waals surface area contributed by atoms with Gasteiger partial charge in [-0.3, -0.25) is 9.59 Å². The molecule has 0 bridgehead atoms. The van der Waals surface area contributed by atoms with Crippen molar-refractivity contribution in [2.24, 2.45) is 0 Å². The van der Waals surface area contributed by atoms with E-state index in [0.717, 1.165) is 50.5 Å². The molecule has 2 aromatic carbocycles. The Morgan fingerprint density at radius 2 is 1.58 bits per heavy atom. The molecular weight excluding hydrogens is 500 g/mol. The molecule has 0 saturated heterocycles. The SMILES string of the molecule is CCCCCCCCCC(=O)NS(=O)(=O)c1ccccc1NC(=O)c1cccc(C2CCCCC2)c1OC. The molecule has 8 heteroatoms. The number of hydrogen-bond donors (Lipinski definition) is 2. The molecule has 2 N–H and O–H groups in total. The van der Waals surface area contributed by atoms with Crippen molar-refractivity contribution in [1.29, 1.82) is 0 Å². The lowest BCUT2D eigenvalue weighted by Crippen LogP contribution is -2.31. The van der Waals surface area contributed by atoms with Crippen LogP contribution in [-0.2, 0) is 14.8 Å². The topological polar surface area (TPSA) is 102 Å². The predicted molar refractivity (Wildman–Crippen MR) is 151 cm³/mol. The van der Waals surface area contributed by atoms with Gasteiger partial charge in [-0.1, -0.05) is 89.0 Å². The first kappa shape index (κ1) is 29.7. The Bertz CT molecular complexity index is 1170. The molecular formula is C30H42N2O5S. The second kappa shape index (κ2) is 14.9. The highest BCUT2D eigenvalue weighted by atomic mass is 32.2. The zero-order valence-electron chi connectivity index (χ0n) is 22.8. The van der Waals surface area contributed by atoms with E-state index < -0.39 is 21.8 Å². The molecule has 2 amide bonds. The lowest BCUT2D eigenvalue weighted by molar-refractivity contribution is -0.119. The van der Waals surface area contributed by atoms with Crippen LogP contribution in [0.5, 0.6) is 5.75 Å². The molecule has 0 atom stereocenters. The number of sulfonamides is 1. The van der Waals surface area contributed by atoms with Crippen LogP contribution in [0, 0.1) is 0 Å². The molecule has 7 nitrogen and oxygen atoms in total. The van der Waals surface area contributed by atoms with Crippen molar-refractivity contribution in [3.8, 4) is 5.75 Å². The van der Waals surface area contributed by atoms with E-state index in [0.29, 0.717) is 23.7 Å². The summed E-state index contributed by atoms with van der Waals surface area (Å²) in [4.78, 5) is 25.6. The number of rotatable bonds is 14. The van der Waals surface area contributed by atoms with E-state index in [9.17, 15) is 18.0 Å². The van der Waals surface area contributed by atoms with Crippen molar-refractivity contribution in [2.45, 2.75) is 101 Å². The Labute approximate surface area is 227 Å². The van der Waals surface area contributed by atoms with Crippen molar-refractivity contribution < 1.29 is 22.7 Å². The van der Waals surface area contributed by atoms with Crippen molar-refractivity contribution in [3.63, 3.8) is 0 Å². The molecule has 0 aliphatic heterocycles. The number of para-hydroxylation sites is 2. The molecule has 208 valence electrons. The first-order valence-electron chi connectivity index (χ1n) is 14.0. The second-order valence-electron chi connectivity index (χ2n) is 10.1. The summed E-state index contributed by atoms with van der Waals surface area (Å²) in [7, 11) is -2.61. The number of anilines is 1. The van der Waals surface area contributed by atoms with Gasteiger partial charge in [0.15, 0.2) is 0 Å². The first-order valence-corrected chi connectivity index (χ1v) is 15.5. The maximum absolute atomic E-state index is 13.3. The van der Waals surface area contributed by atoms with E-state index in [2.05, 4.69) is 17.0 Å². The van der Waals surface area contributed by atoms with Gasteiger partial charge in [0.05, 0.1) is 18.4 Å². The van der Waals surface area contributed by atoms with E-state index in [1.54, 1.807) is 25.3 Å². The first-order chi connectivity index (χ1) is 18.4. The minimum Gasteiger partial charge on any atom is -0.496 e. The van der Waals surface area contributed by atoms with Crippen LogP contribution in [0.2, 0.25) is 0 Å². The monoisotopic (exact) mass is 542 g/mol. The Morgan fingerprint density at radius 3 is 2.29 bits per heavy atom. The van der Waals surface area contributed by atoms with Gasteiger partial charge in [0.1, 0.15) is 10.6 Å². The summed E-state index contributed by atoms with van der Waals surface area (Å²) in [6.45, 7) is 2.17. The van der Waals surface area contributed by atoms with Gasteiger partial charge in [0.2, 0.25) is 5.91 Å². The van der Waals surface area contributed by atoms with Crippen LogP contribution < -0.4 is 14.8 Å². The van der Waals surface area contributed by atoms with Gasteiger partial charge in [-0.05, 0) is 48.9 Å². The molecule has 38 heavy (non-hydrogen) atoms. The normalized spacial score (nSPS) is 14.2. The number of hydrogen-bond acceptors (Lipinski definition) is 5. The predicted octanol–water partition coefficient (Wildman–Crippen LogP) is 6.94. The maximum atomic E-state index is 13.3. The van der Waals surface area contributed by atoms with Crippen molar-refractivity contribution in [2.75, 3.05) is 12.4 Å². The summed E-state index contributed by atoms with van der Waals surface area (Å²) >= 11 is 0. The highest BCUT2D eigenvalue weighted by Gasteiger charge is 2.25. The minimum atomic E-state index is -4.16. The molecule has 1 saturated carbocycles. The second-order valence-corrected chi connectivity index (χ2v) is 11.8. The molecule has 0 heterocycles. The standard InChI is InChI=1S/C30H42N2O5S/c1-3-4-5-6-7-8-12-22-28(33)32-38(35,36)27-21-14-13-20-26(27)31-30(34)25-19-15-18-24(29(25)37-2)23-16-10-9-11-17-23/h13-15,18-21,23H,3-12,16-17,22H2,1-2H3,(H,31,34)(H,32,33). The molecule has 1 aliphatic rings. The van der Waals surface area contributed by atoms with E-state index in [1.807, 2.05) is 12.1 Å². The molecule has 0 unspecified atom stereocenters. The number of ether oxygens (including phenoxy) is 1. The Hall–Kier alpha value is -2.87. The smallest absolute Gasteiger partial charge is 0.266 e.